The van der Waals surface area contributed by atoms with Gasteiger partial charge in [-0.3, -0.25) is 4.79 Å². The van der Waals surface area contributed by atoms with Crippen LogP contribution in [-0.2, 0) is 6.18 Å². The molecule has 2 aromatic heterocycles. The Morgan fingerprint density at radius 1 is 1.09 bits per heavy atom. The highest BCUT2D eigenvalue weighted by Gasteiger charge is 2.31. The van der Waals surface area contributed by atoms with Crippen LogP contribution in [0.15, 0.2) is 67.4 Å². The average Bonchev–Trinajstić information content (AvgIpc) is 3.53. The number of alkyl halides is 3. The van der Waals surface area contributed by atoms with Gasteiger partial charge < -0.3 is 9.64 Å². The van der Waals surface area contributed by atoms with Crippen molar-refractivity contribution in [2.45, 2.75) is 19.1 Å². The van der Waals surface area contributed by atoms with Gasteiger partial charge in [-0.2, -0.15) is 23.4 Å². The molecule has 1 unspecified atom stereocenters. The van der Waals surface area contributed by atoms with Gasteiger partial charge in [-0.05, 0) is 42.8 Å². The standard InChI is InChI=1S/C23H21F3N6O2/c1-15(16-7-9-18(10-8-16)32-14-27-13-28-32)30(2)22(33)21-20(34-3)12-31(29-21)19-6-4-5-17(11-19)23(24,25)26/h4-15H,1-3H3. The maximum atomic E-state index is 13.2. The van der Waals surface area contributed by atoms with E-state index in [1.165, 1.54) is 41.3 Å². The maximum absolute atomic E-state index is 13.2. The molecule has 0 aliphatic heterocycles. The van der Waals surface area contributed by atoms with Crippen molar-refractivity contribution in [1.29, 1.82) is 0 Å². The summed E-state index contributed by atoms with van der Waals surface area (Å²) < 4.78 is 47.4. The van der Waals surface area contributed by atoms with E-state index in [9.17, 15) is 18.0 Å². The fraction of sp³-hybridized carbons (Fsp3) is 0.217. The highest BCUT2D eigenvalue weighted by Crippen LogP contribution is 2.31. The lowest BCUT2D eigenvalue weighted by Gasteiger charge is -2.25. The number of methoxy groups -OCH3 is 1. The molecule has 1 atom stereocenters. The predicted molar refractivity (Wildman–Crippen MR) is 117 cm³/mol. The minimum atomic E-state index is -4.50. The molecule has 1 amide bonds. The van der Waals surface area contributed by atoms with Crippen molar-refractivity contribution in [3.63, 3.8) is 0 Å². The Morgan fingerprint density at radius 2 is 1.82 bits per heavy atom. The highest BCUT2D eigenvalue weighted by atomic mass is 19.4. The van der Waals surface area contributed by atoms with Crippen LogP contribution in [-0.4, -0.2) is 49.5 Å². The molecule has 0 fully saturated rings. The number of carbonyl (C=O) groups is 1. The molecule has 0 saturated heterocycles. The first-order valence-corrected chi connectivity index (χ1v) is 10.2. The summed E-state index contributed by atoms with van der Waals surface area (Å²) >= 11 is 0. The van der Waals surface area contributed by atoms with E-state index in [2.05, 4.69) is 15.2 Å². The van der Waals surface area contributed by atoms with Gasteiger partial charge in [0.05, 0.1) is 36.3 Å². The van der Waals surface area contributed by atoms with E-state index < -0.39 is 17.6 Å². The SMILES string of the molecule is COc1cn(-c2cccc(C(F)(F)F)c2)nc1C(=O)N(C)C(C)c1ccc(-n2cncn2)cc1. The second-order valence-electron chi connectivity index (χ2n) is 7.56. The van der Waals surface area contributed by atoms with E-state index in [0.717, 1.165) is 23.4 Å². The van der Waals surface area contributed by atoms with Crippen molar-refractivity contribution in [2.75, 3.05) is 14.2 Å². The number of rotatable bonds is 6. The summed E-state index contributed by atoms with van der Waals surface area (Å²) in [4.78, 5) is 18.6. The Hall–Kier alpha value is -4.15. The Morgan fingerprint density at radius 3 is 2.44 bits per heavy atom. The van der Waals surface area contributed by atoms with Crippen molar-refractivity contribution in [3.05, 3.63) is 84.2 Å². The van der Waals surface area contributed by atoms with Crippen molar-refractivity contribution in [3.8, 4) is 17.1 Å². The van der Waals surface area contributed by atoms with Gasteiger partial charge in [0, 0.05) is 7.05 Å². The fourth-order valence-corrected chi connectivity index (χ4v) is 3.43. The molecule has 34 heavy (non-hydrogen) atoms. The number of nitrogens with zero attached hydrogens (tertiary/aromatic N) is 6. The van der Waals surface area contributed by atoms with Crippen LogP contribution >= 0.6 is 0 Å². The summed E-state index contributed by atoms with van der Waals surface area (Å²) in [6.07, 6.45) is -0.0882. The van der Waals surface area contributed by atoms with Gasteiger partial charge in [0.1, 0.15) is 12.7 Å². The van der Waals surface area contributed by atoms with Crippen LogP contribution in [0.2, 0.25) is 0 Å². The highest BCUT2D eigenvalue weighted by molar-refractivity contribution is 5.95. The summed E-state index contributed by atoms with van der Waals surface area (Å²) in [5, 5.41) is 8.32. The molecule has 176 valence electrons. The molecule has 2 heterocycles. The molecule has 2 aromatic carbocycles. The third-order valence-corrected chi connectivity index (χ3v) is 5.50. The van der Waals surface area contributed by atoms with E-state index in [1.807, 2.05) is 31.2 Å². The third-order valence-electron chi connectivity index (χ3n) is 5.50. The first kappa shape index (κ1) is 23.0. The van der Waals surface area contributed by atoms with Gasteiger partial charge in [-0.15, -0.1) is 0 Å². The molecule has 0 bridgehead atoms. The van der Waals surface area contributed by atoms with Crippen molar-refractivity contribution in [1.82, 2.24) is 29.4 Å². The maximum Gasteiger partial charge on any atom is 0.416 e. The van der Waals surface area contributed by atoms with Crippen LogP contribution < -0.4 is 4.74 Å². The molecule has 0 spiro atoms. The lowest BCUT2D eigenvalue weighted by molar-refractivity contribution is -0.137. The van der Waals surface area contributed by atoms with Crippen LogP contribution in [0.3, 0.4) is 0 Å². The second-order valence-corrected chi connectivity index (χ2v) is 7.56. The zero-order chi connectivity index (χ0) is 24.5. The minimum Gasteiger partial charge on any atom is -0.493 e. The van der Waals surface area contributed by atoms with Gasteiger partial charge in [0.2, 0.25) is 0 Å². The Labute approximate surface area is 193 Å². The molecule has 4 aromatic rings. The minimum absolute atomic E-state index is 0.00602. The van der Waals surface area contributed by atoms with E-state index >= 15 is 0 Å². The van der Waals surface area contributed by atoms with Crippen molar-refractivity contribution in [2.24, 2.45) is 0 Å². The number of hydrogen-bond donors (Lipinski definition) is 0. The quantitative estimate of drug-likeness (QED) is 0.420. The molecule has 8 nitrogen and oxygen atoms in total. The van der Waals surface area contributed by atoms with E-state index in [1.54, 1.807) is 18.1 Å². The summed E-state index contributed by atoms with van der Waals surface area (Å²) in [6, 6.07) is 11.9. The predicted octanol–water partition coefficient (Wildman–Crippen LogP) is 4.31. The van der Waals surface area contributed by atoms with Gasteiger partial charge in [-0.1, -0.05) is 18.2 Å². The summed E-state index contributed by atoms with van der Waals surface area (Å²) in [6.45, 7) is 1.86. The average molecular weight is 470 g/mol. The van der Waals surface area contributed by atoms with Crippen LogP contribution in [0.5, 0.6) is 5.75 Å². The summed E-state index contributed by atoms with van der Waals surface area (Å²) in [7, 11) is 3.00. The smallest absolute Gasteiger partial charge is 0.416 e. The van der Waals surface area contributed by atoms with Crippen LogP contribution in [0.4, 0.5) is 13.2 Å². The van der Waals surface area contributed by atoms with Crippen LogP contribution in [0.25, 0.3) is 11.4 Å². The van der Waals surface area contributed by atoms with Crippen LogP contribution in [0.1, 0.15) is 34.6 Å². The molecular weight excluding hydrogens is 449 g/mol. The van der Waals surface area contributed by atoms with Gasteiger partial charge in [0.25, 0.3) is 5.91 Å². The number of aromatic nitrogens is 5. The lowest BCUT2D eigenvalue weighted by atomic mass is 10.1. The molecule has 0 N–H and O–H groups in total. The number of carbonyl (C=O) groups excluding carboxylic acids is 1. The topological polar surface area (TPSA) is 78.1 Å². The number of ether oxygens (including phenoxy) is 1. The molecular formula is C23H21F3N6O2. The zero-order valence-corrected chi connectivity index (χ0v) is 18.6. The Kier molecular flexibility index (Phi) is 6.10. The molecule has 4 rings (SSSR count). The van der Waals surface area contributed by atoms with Crippen molar-refractivity contribution >= 4 is 5.91 Å². The number of hydrogen-bond acceptors (Lipinski definition) is 5. The molecule has 11 heteroatoms. The molecule has 0 radical (unpaired) electrons. The monoisotopic (exact) mass is 470 g/mol. The lowest BCUT2D eigenvalue weighted by Crippen LogP contribution is -2.30. The van der Waals surface area contributed by atoms with Gasteiger partial charge >= 0.3 is 6.18 Å². The van der Waals surface area contributed by atoms with Crippen LogP contribution in [0, 0.1) is 0 Å². The van der Waals surface area contributed by atoms with Gasteiger partial charge in [-0.25, -0.2) is 14.3 Å². The van der Waals surface area contributed by atoms with Crippen molar-refractivity contribution < 1.29 is 22.7 Å². The fourth-order valence-electron chi connectivity index (χ4n) is 3.43. The second kappa shape index (κ2) is 9.00. The Balaban J connectivity index is 1.58. The number of benzene rings is 2. The molecule has 0 aliphatic rings. The largest absolute Gasteiger partial charge is 0.493 e. The third kappa shape index (κ3) is 4.49. The first-order chi connectivity index (χ1) is 16.2. The normalized spacial score (nSPS) is 12.4. The number of halogens is 3. The summed E-state index contributed by atoms with van der Waals surface area (Å²) in [5.74, 6) is -0.279. The van der Waals surface area contributed by atoms with E-state index in [0.29, 0.717) is 0 Å². The van der Waals surface area contributed by atoms with E-state index in [4.69, 9.17) is 4.74 Å². The molecule has 0 saturated carbocycles. The molecule has 0 aliphatic carbocycles. The van der Waals surface area contributed by atoms with E-state index in [-0.39, 0.29) is 23.2 Å². The Bertz CT molecular complexity index is 1280. The first-order valence-electron chi connectivity index (χ1n) is 10.2. The van der Waals surface area contributed by atoms with Gasteiger partial charge in [0.15, 0.2) is 11.4 Å². The number of amides is 1. The summed E-state index contributed by atoms with van der Waals surface area (Å²) in [5.41, 5.74) is 1.03. The zero-order valence-electron chi connectivity index (χ0n) is 18.6.